The highest BCUT2D eigenvalue weighted by Crippen LogP contribution is 2.32. The second-order valence-electron chi connectivity index (χ2n) is 7.27. The number of nitrogens with zero attached hydrogens (tertiary/aromatic N) is 2. The van der Waals surface area contributed by atoms with Crippen molar-refractivity contribution in [3.05, 3.63) is 71.0 Å². The number of aromatic nitrogens is 2. The average Bonchev–Trinajstić information content (AvgIpc) is 3.02. The Morgan fingerprint density at radius 2 is 1.83 bits per heavy atom. The molecule has 3 aromatic rings. The number of rotatable bonds is 5. The Kier molecular flexibility index (Phi) is 5.25. The number of nitrogens with one attached hydrogen (secondary N) is 1. The summed E-state index contributed by atoms with van der Waals surface area (Å²) < 4.78 is 13.1. The standard InChI is InChI=1S/C23H25N3O3/c1-15(18-9-10-21-22(13-18)29-12-11-28-21)24-23(27)14-20-16(2)25-26(17(20)3)19-7-5-4-6-8-19/h4-10,13,15H,11-12,14H2,1-3H3,(H,24,27). The number of hydrogen-bond donors (Lipinski definition) is 1. The van der Waals surface area contributed by atoms with Crippen molar-refractivity contribution in [1.29, 1.82) is 0 Å². The third-order valence-corrected chi connectivity index (χ3v) is 5.22. The van der Waals surface area contributed by atoms with Crippen molar-refractivity contribution in [3.63, 3.8) is 0 Å². The first-order valence-corrected chi connectivity index (χ1v) is 9.82. The number of carbonyl (C=O) groups is 1. The SMILES string of the molecule is Cc1nn(-c2ccccc2)c(C)c1CC(=O)NC(C)c1ccc2c(c1)OCCO2. The molecule has 2 heterocycles. The topological polar surface area (TPSA) is 65.4 Å². The van der Waals surface area contributed by atoms with E-state index in [0.717, 1.165) is 39.7 Å². The lowest BCUT2D eigenvalue weighted by Gasteiger charge is -2.21. The second kappa shape index (κ2) is 7.99. The van der Waals surface area contributed by atoms with E-state index in [1.165, 1.54) is 0 Å². The maximum Gasteiger partial charge on any atom is 0.225 e. The minimum atomic E-state index is -0.136. The number of ether oxygens (including phenoxy) is 2. The highest BCUT2D eigenvalue weighted by atomic mass is 16.6. The van der Waals surface area contributed by atoms with Crippen molar-refractivity contribution >= 4 is 5.91 Å². The molecule has 1 unspecified atom stereocenters. The molecule has 1 atom stereocenters. The molecule has 1 aromatic heterocycles. The summed E-state index contributed by atoms with van der Waals surface area (Å²) in [5, 5.41) is 7.71. The third-order valence-electron chi connectivity index (χ3n) is 5.22. The van der Waals surface area contributed by atoms with Gasteiger partial charge >= 0.3 is 0 Å². The van der Waals surface area contributed by atoms with Crippen molar-refractivity contribution in [2.75, 3.05) is 13.2 Å². The normalized spacial score (nSPS) is 13.8. The van der Waals surface area contributed by atoms with Crippen LogP contribution in [0.25, 0.3) is 5.69 Å². The Bertz CT molecular complexity index is 1030. The van der Waals surface area contributed by atoms with E-state index in [4.69, 9.17) is 9.47 Å². The molecular weight excluding hydrogens is 366 g/mol. The Morgan fingerprint density at radius 1 is 1.10 bits per heavy atom. The van der Waals surface area contributed by atoms with Gasteiger partial charge in [0.15, 0.2) is 11.5 Å². The van der Waals surface area contributed by atoms with Crippen LogP contribution in [-0.2, 0) is 11.2 Å². The minimum Gasteiger partial charge on any atom is -0.486 e. The quantitative estimate of drug-likeness (QED) is 0.721. The number of benzene rings is 2. The second-order valence-corrected chi connectivity index (χ2v) is 7.27. The fourth-order valence-electron chi connectivity index (χ4n) is 3.62. The fraction of sp³-hybridized carbons (Fsp3) is 0.304. The Morgan fingerprint density at radius 3 is 2.59 bits per heavy atom. The minimum absolute atomic E-state index is 0.0359. The van der Waals surface area contributed by atoms with E-state index in [1.54, 1.807) is 0 Å². The lowest BCUT2D eigenvalue weighted by Crippen LogP contribution is -2.28. The van der Waals surface area contributed by atoms with Crippen LogP contribution in [0.3, 0.4) is 0 Å². The Labute approximate surface area is 170 Å². The van der Waals surface area contributed by atoms with Crippen molar-refractivity contribution < 1.29 is 14.3 Å². The van der Waals surface area contributed by atoms with Gasteiger partial charge in [0.1, 0.15) is 13.2 Å². The Balaban J connectivity index is 1.47. The zero-order valence-electron chi connectivity index (χ0n) is 16.9. The molecule has 0 radical (unpaired) electrons. The zero-order chi connectivity index (χ0) is 20.4. The summed E-state index contributed by atoms with van der Waals surface area (Å²) in [5.41, 5.74) is 4.78. The van der Waals surface area contributed by atoms with E-state index in [9.17, 15) is 4.79 Å². The lowest BCUT2D eigenvalue weighted by molar-refractivity contribution is -0.121. The smallest absolute Gasteiger partial charge is 0.225 e. The maximum absolute atomic E-state index is 12.7. The van der Waals surface area contributed by atoms with Gasteiger partial charge in [-0.2, -0.15) is 5.10 Å². The molecular formula is C23H25N3O3. The molecule has 1 aliphatic rings. The molecule has 0 bridgehead atoms. The molecule has 0 saturated carbocycles. The third kappa shape index (κ3) is 3.97. The molecule has 2 aromatic carbocycles. The molecule has 0 saturated heterocycles. The predicted octanol–water partition coefficient (Wildman–Crippen LogP) is 3.68. The number of fused-ring (bicyclic) bond motifs is 1. The predicted molar refractivity (Wildman–Crippen MR) is 111 cm³/mol. The highest BCUT2D eigenvalue weighted by molar-refractivity contribution is 5.79. The summed E-state index contributed by atoms with van der Waals surface area (Å²) in [6.07, 6.45) is 0.291. The van der Waals surface area contributed by atoms with Gasteiger partial charge < -0.3 is 14.8 Å². The summed E-state index contributed by atoms with van der Waals surface area (Å²) in [7, 11) is 0. The number of carbonyl (C=O) groups excluding carboxylic acids is 1. The van der Waals surface area contributed by atoms with Gasteiger partial charge in [0.2, 0.25) is 5.91 Å². The van der Waals surface area contributed by atoms with Gasteiger partial charge in [0.25, 0.3) is 0 Å². The molecule has 1 aliphatic heterocycles. The largest absolute Gasteiger partial charge is 0.486 e. The van der Waals surface area contributed by atoms with Crippen LogP contribution in [-0.4, -0.2) is 28.9 Å². The van der Waals surface area contributed by atoms with Crippen LogP contribution in [0, 0.1) is 13.8 Å². The summed E-state index contributed by atoms with van der Waals surface area (Å²) in [6.45, 7) is 7.02. The zero-order valence-corrected chi connectivity index (χ0v) is 16.9. The van der Waals surface area contributed by atoms with Gasteiger partial charge in [0, 0.05) is 11.3 Å². The van der Waals surface area contributed by atoms with Crippen molar-refractivity contribution in [3.8, 4) is 17.2 Å². The van der Waals surface area contributed by atoms with E-state index in [-0.39, 0.29) is 11.9 Å². The molecule has 0 spiro atoms. The van der Waals surface area contributed by atoms with E-state index < -0.39 is 0 Å². The molecule has 6 heteroatoms. The lowest BCUT2D eigenvalue weighted by atomic mass is 10.1. The van der Waals surface area contributed by atoms with E-state index in [0.29, 0.717) is 19.6 Å². The molecule has 0 fully saturated rings. The van der Waals surface area contributed by atoms with Gasteiger partial charge in [-0.25, -0.2) is 4.68 Å². The van der Waals surface area contributed by atoms with Crippen LogP contribution in [0.5, 0.6) is 11.5 Å². The number of para-hydroxylation sites is 1. The van der Waals surface area contributed by atoms with Gasteiger partial charge in [-0.05, 0) is 50.6 Å². The molecule has 0 aliphatic carbocycles. The molecule has 1 amide bonds. The van der Waals surface area contributed by atoms with Crippen molar-refractivity contribution in [2.45, 2.75) is 33.2 Å². The van der Waals surface area contributed by atoms with Crippen LogP contribution in [0.2, 0.25) is 0 Å². The summed E-state index contributed by atoms with van der Waals surface area (Å²) in [5.74, 6) is 1.44. The Hall–Kier alpha value is -3.28. The fourth-order valence-corrected chi connectivity index (χ4v) is 3.62. The highest BCUT2D eigenvalue weighted by Gasteiger charge is 2.19. The van der Waals surface area contributed by atoms with Gasteiger partial charge in [-0.3, -0.25) is 4.79 Å². The molecule has 1 N–H and O–H groups in total. The first-order valence-electron chi connectivity index (χ1n) is 9.82. The van der Waals surface area contributed by atoms with Crippen molar-refractivity contribution in [2.24, 2.45) is 0 Å². The van der Waals surface area contributed by atoms with Crippen LogP contribution in [0.1, 0.15) is 35.5 Å². The molecule has 6 nitrogen and oxygen atoms in total. The van der Waals surface area contributed by atoms with Crippen LogP contribution < -0.4 is 14.8 Å². The molecule has 29 heavy (non-hydrogen) atoms. The van der Waals surface area contributed by atoms with Gasteiger partial charge in [-0.1, -0.05) is 24.3 Å². The number of aryl methyl sites for hydroxylation is 1. The van der Waals surface area contributed by atoms with E-state index >= 15 is 0 Å². The summed E-state index contributed by atoms with van der Waals surface area (Å²) >= 11 is 0. The summed E-state index contributed by atoms with van der Waals surface area (Å²) in [4.78, 5) is 12.7. The maximum atomic E-state index is 12.7. The van der Waals surface area contributed by atoms with Crippen molar-refractivity contribution in [1.82, 2.24) is 15.1 Å². The molecule has 4 rings (SSSR count). The average molecular weight is 391 g/mol. The molecule has 150 valence electrons. The van der Waals surface area contributed by atoms with E-state index in [1.807, 2.05) is 74.0 Å². The van der Waals surface area contributed by atoms with E-state index in [2.05, 4.69) is 10.4 Å². The monoisotopic (exact) mass is 391 g/mol. The van der Waals surface area contributed by atoms with Crippen LogP contribution in [0.4, 0.5) is 0 Å². The number of hydrogen-bond acceptors (Lipinski definition) is 4. The first kappa shape index (κ1) is 19.1. The summed E-state index contributed by atoms with van der Waals surface area (Å²) in [6, 6.07) is 15.6. The first-order chi connectivity index (χ1) is 14.0. The van der Waals surface area contributed by atoms with Gasteiger partial charge in [-0.15, -0.1) is 0 Å². The van der Waals surface area contributed by atoms with Crippen LogP contribution >= 0.6 is 0 Å². The number of amides is 1. The van der Waals surface area contributed by atoms with Crippen LogP contribution in [0.15, 0.2) is 48.5 Å². The van der Waals surface area contributed by atoms with Gasteiger partial charge in [0.05, 0.1) is 23.8 Å².